The van der Waals surface area contributed by atoms with Crippen molar-refractivity contribution in [2.75, 3.05) is 32.2 Å². The monoisotopic (exact) mass is 457 g/mol. The van der Waals surface area contributed by atoms with Crippen LogP contribution in [0.4, 0.5) is 5.69 Å². The third kappa shape index (κ3) is 4.63. The minimum absolute atomic E-state index is 0.132. The Morgan fingerprint density at radius 2 is 1.94 bits per heavy atom. The molecule has 0 fully saturated rings. The lowest BCUT2D eigenvalue weighted by atomic mass is 10.2. The Morgan fingerprint density at radius 1 is 1.18 bits per heavy atom. The molecule has 11 heteroatoms. The van der Waals surface area contributed by atoms with Crippen molar-refractivity contribution in [1.29, 1.82) is 0 Å². The zero-order chi connectivity index (χ0) is 23.5. The molecule has 0 saturated heterocycles. The molecule has 0 bridgehead atoms. The lowest BCUT2D eigenvalue weighted by Gasteiger charge is -2.19. The number of hydrogen-bond donors (Lipinski definition) is 1. The van der Waals surface area contributed by atoms with Gasteiger partial charge >= 0.3 is 5.69 Å². The molecule has 0 aliphatic carbocycles. The SMILES string of the molecule is COCCn1cnc2c1c(=O)n(CC(=O)Nc1ccc3c(c1)OCCO3)c(=O)n2CC(C)C. The third-order valence-corrected chi connectivity index (χ3v) is 5.20. The number of amides is 1. The van der Waals surface area contributed by atoms with Crippen LogP contribution in [0.5, 0.6) is 11.5 Å². The van der Waals surface area contributed by atoms with Gasteiger partial charge in [-0.2, -0.15) is 0 Å². The van der Waals surface area contributed by atoms with Crippen LogP contribution in [0.3, 0.4) is 0 Å². The zero-order valence-electron chi connectivity index (χ0n) is 18.9. The van der Waals surface area contributed by atoms with Gasteiger partial charge in [-0.05, 0) is 18.1 Å². The number of carbonyl (C=O) groups is 1. The second-order valence-corrected chi connectivity index (χ2v) is 8.19. The number of fused-ring (bicyclic) bond motifs is 2. The van der Waals surface area contributed by atoms with Crippen molar-refractivity contribution < 1.29 is 19.0 Å². The summed E-state index contributed by atoms with van der Waals surface area (Å²) in [6, 6.07) is 5.02. The van der Waals surface area contributed by atoms with Crippen LogP contribution in [0.2, 0.25) is 0 Å². The van der Waals surface area contributed by atoms with Gasteiger partial charge in [0, 0.05) is 32.0 Å². The number of aromatic nitrogens is 4. The number of imidazole rings is 1. The molecule has 0 saturated carbocycles. The summed E-state index contributed by atoms with van der Waals surface area (Å²) in [6.07, 6.45) is 1.51. The van der Waals surface area contributed by atoms with Crippen LogP contribution in [-0.2, 0) is 29.2 Å². The molecule has 3 aromatic rings. The maximum atomic E-state index is 13.2. The van der Waals surface area contributed by atoms with E-state index in [2.05, 4.69) is 10.3 Å². The molecular formula is C22H27N5O6. The fourth-order valence-corrected chi connectivity index (χ4v) is 3.73. The van der Waals surface area contributed by atoms with E-state index in [0.29, 0.717) is 55.7 Å². The van der Waals surface area contributed by atoms with E-state index >= 15 is 0 Å². The van der Waals surface area contributed by atoms with Crippen LogP contribution in [-0.4, -0.2) is 51.5 Å². The molecule has 1 aliphatic rings. The molecule has 176 valence electrons. The predicted molar refractivity (Wildman–Crippen MR) is 121 cm³/mol. The van der Waals surface area contributed by atoms with Gasteiger partial charge in [0.05, 0.1) is 12.9 Å². The Bertz CT molecular complexity index is 1290. The molecule has 1 aromatic carbocycles. The minimum atomic E-state index is -0.574. The number of nitrogens with one attached hydrogen (secondary N) is 1. The van der Waals surface area contributed by atoms with Crippen molar-refractivity contribution in [1.82, 2.24) is 18.7 Å². The molecule has 3 heterocycles. The lowest BCUT2D eigenvalue weighted by Crippen LogP contribution is -2.43. The van der Waals surface area contributed by atoms with Crippen molar-refractivity contribution in [3.63, 3.8) is 0 Å². The second kappa shape index (κ2) is 9.49. The largest absolute Gasteiger partial charge is 0.486 e. The number of rotatable bonds is 8. The average Bonchev–Trinajstić information content (AvgIpc) is 3.22. The first-order valence-corrected chi connectivity index (χ1v) is 10.8. The van der Waals surface area contributed by atoms with Gasteiger partial charge in [0.25, 0.3) is 5.56 Å². The standard InChI is InChI=1S/C22H27N5O6/c1-14(2)11-26-20-19(25(13-23-20)6-7-31-3)21(29)27(22(26)30)12-18(28)24-15-4-5-16-17(10-15)33-9-8-32-16/h4-5,10,13-14H,6-9,11-12H2,1-3H3,(H,24,28). The van der Waals surface area contributed by atoms with Gasteiger partial charge in [-0.25, -0.2) is 14.3 Å². The fourth-order valence-electron chi connectivity index (χ4n) is 3.73. The van der Waals surface area contributed by atoms with Crippen LogP contribution in [0.25, 0.3) is 11.2 Å². The number of anilines is 1. The second-order valence-electron chi connectivity index (χ2n) is 8.19. The van der Waals surface area contributed by atoms with E-state index < -0.39 is 23.7 Å². The molecule has 1 aliphatic heterocycles. The Balaban J connectivity index is 1.68. The first kappa shape index (κ1) is 22.6. The Kier molecular flexibility index (Phi) is 6.50. The lowest BCUT2D eigenvalue weighted by molar-refractivity contribution is -0.116. The van der Waals surface area contributed by atoms with Crippen LogP contribution in [0, 0.1) is 5.92 Å². The van der Waals surface area contributed by atoms with Crippen molar-refractivity contribution in [2.24, 2.45) is 5.92 Å². The highest BCUT2D eigenvalue weighted by atomic mass is 16.6. The molecule has 0 atom stereocenters. The van der Waals surface area contributed by atoms with Crippen LogP contribution in [0.15, 0.2) is 34.1 Å². The topological polar surface area (TPSA) is 119 Å². The van der Waals surface area contributed by atoms with E-state index in [1.807, 2.05) is 13.8 Å². The molecule has 0 radical (unpaired) electrons. The Morgan fingerprint density at radius 3 is 2.67 bits per heavy atom. The summed E-state index contributed by atoms with van der Waals surface area (Å²) in [4.78, 5) is 43.5. The first-order chi connectivity index (χ1) is 15.9. The van der Waals surface area contributed by atoms with Crippen molar-refractivity contribution in [3.8, 4) is 11.5 Å². The summed E-state index contributed by atoms with van der Waals surface area (Å²) in [7, 11) is 1.56. The Labute approximate surface area is 189 Å². The summed E-state index contributed by atoms with van der Waals surface area (Å²) in [5, 5.41) is 2.72. The number of nitrogens with zero attached hydrogens (tertiary/aromatic N) is 4. The normalized spacial score (nSPS) is 13.0. The van der Waals surface area contributed by atoms with E-state index in [9.17, 15) is 14.4 Å². The van der Waals surface area contributed by atoms with E-state index in [1.165, 1.54) is 10.9 Å². The van der Waals surface area contributed by atoms with Crippen molar-refractivity contribution in [3.05, 3.63) is 45.4 Å². The molecule has 1 N–H and O–H groups in total. The third-order valence-electron chi connectivity index (χ3n) is 5.20. The molecular weight excluding hydrogens is 430 g/mol. The van der Waals surface area contributed by atoms with Gasteiger partial charge in [-0.1, -0.05) is 13.8 Å². The number of ether oxygens (including phenoxy) is 3. The highest BCUT2D eigenvalue weighted by Gasteiger charge is 2.21. The van der Waals surface area contributed by atoms with E-state index in [-0.39, 0.29) is 11.4 Å². The highest BCUT2D eigenvalue weighted by Crippen LogP contribution is 2.32. The van der Waals surface area contributed by atoms with E-state index in [0.717, 1.165) is 4.57 Å². The summed E-state index contributed by atoms with van der Waals surface area (Å²) in [6.45, 7) is 5.51. The number of benzene rings is 1. The fraction of sp³-hybridized carbons (Fsp3) is 0.455. The van der Waals surface area contributed by atoms with Crippen LogP contribution >= 0.6 is 0 Å². The number of hydrogen-bond acceptors (Lipinski definition) is 7. The Hall–Kier alpha value is -3.60. The predicted octanol–water partition coefficient (Wildman–Crippen LogP) is 1.07. The molecule has 4 rings (SSSR count). The minimum Gasteiger partial charge on any atom is -0.486 e. The molecule has 0 unspecified atom stereocenters. The van der Waals surface area contributed by atoms with Crippen molar-refractivity contribution >= 4 is 22.8 Å². The highest BCUT2D eigenvalue weighted by molar-refractivity contribution is 5.91. The summed E-state index contributed by atoms with van der Waals surface area (Å²) >= 11 is 0. The molecule has 1 amide bonds. The molecule has 11 nitrogen and oxygen atoms in total. The van der Waals surface area contributed by atoms with E-state index in [1.54, 1.807) is 29.9 Å². The van der Waals surface area contributed by atoms with Gasteiger partial charge in [0.1, 0.15) is 19.8 Å². The van der Waals surface area contributed by atoms with E-state index in [4.69, 9.17) is 14.2 Å². The number of carbonyl (C=O) groups excluding carboxylic acids is 1. The van der Waals surface area contributed by atoms with Gasteiger partial charge < -0.3 is 24.1 Å². The van der Waals surface area contributed by atoms with Gasteiger partial charge in [0.2, 0.25) is 5.91 Å². The average molecular weight is 457 g/mol. The summed E-state index contributed by atoms with van der Waals surface area (Å²) in [5.74, 6) is 0.748. The maximum absolute atomic E-state index is 13.2. The number of methoxy groups -OCH3 is 1. The molecule has 0 spiro atoms. The quantitative estimate of drug-likeness (QED) is 0.537. The van der Waals surface area contributed by atoms with Gasteiger partial charge in [-0.15, -0.1) is 0 Å². The van der Waals surface area contributed by atoms with Crippen LogP contribution in [0.1, 0.15) is 13.8 Å². The summed E-state index contributed by atoms with van der Waals surface area (Å²) < 4.78 is 20.2. The van der Waals surface area contributed by atoms with Gasteiger partial charge in [0.15, 0.2) is 22.7 Å². The molecule has 2 aromatic heterocycles. The smallest absolute Gasteiger partial charge is 0.333 e. The summed E-state index contributed by atoms with van der Waals surface area (Å²) in [5.41, 5.74) is -0.0970. The van der Waals surface area contributed by atoms with Crippen molar-refractivity contribution in [2.45, 2.75) is 33.5 Å². The zero-order valence-corrected chi connectivity index (χ0v) is 18.9. The van der Waals surface area contributed by atoms with Crippen LogP contribution < -0.4 is 26.0 Å². The molecule has 33 heavy (non-hydrogen) atoms. The van der Waals surface area contributed by atoms with Gasteiger partial charge in [-0.3, -0.25) is 14.2 Å². The first-order valence-electron chi connectivity index (χ1n) is 10.8. The maximum Gasteiger partial charge on any atom is 0.333 e.